The summed E-state index contributed by atoms with van der Waals surface area (Å²) in [6.07, 6.45) is 0. The number of sulfonamides is 1. The molecule has 0 fully saturated rings. The van der Waals surface area contributed by atoms with Crippen molar-refractivity contribution in [3.8, 4) is 0 Å². The smallest absolute Gasteiger partial charge is 0.286 e. The molecule has 2 aromatic carbocycles. The number of hydrazine groups is 2. The normalized spacial score (nSPS) is 10.5. The average Bonchev–Trinajstić information content (AvgIpc) is 2.65. The highest BCUT2D eigenvalue weighted by atomic mass is 32.2. The van der Waals surface area contributed by atoms with Crippen molar-refractivity contribution in [3.05, 3.63) is 60.2 Å². The molecule has 0 bridgehead atoms. The molecule has 0 atom stereocenters. The minimum absolute atomic E-state index is 0.0479. The fourth-order valence-electron chi connectivity index (χ4n) is 1.85. The number of nitrogens with one attached hydrogen (secondary N) is 4. The van der Waals surface area contributed by atoms with E-state index in [0.717, 1.165) is 0 Å². The van der Waals surface area contributed by atoms with Gasteiger partial charge in [-0.1, -0.05) is 24.3 Å². The first kappa shape index (κ1) is 18.9. The van der Waals surface area contributed by atoms with E-state index in [1.807, 2.05) is 10.9 Å². The van der Waals surface area contributed by atoms with E-state index in [1.165, 1.54) is 36.4 Å². The number of hydrogen-bond donors (Lipinski definition) is 5. The van der Waals surface area contributed by atoms with E-state index in [-0.39, 0.29) is 16.1 Å². The quantitative estimate of drug-likeness (QED) is 0.204. The van der Waals surface area contributed by atoms with Crippen LogP contribution in [0.4, 0.5) is 5.69 Å². The number of rotatable bonds is 4. The summed E-state index contributed by atoms with van der Waals surface area (Å²) in [7, 11) is -3.81. The Hall–Kier alpha value is -3.44. The van der Waals surface area contributed by atoms with Crippen LogP contribution in [-0.2, 0) is 19.6 Å². The molecule has 0 saturated heterocycles. The van der Waals surface area contributed by atoms with Gasteiger partial charge in [-0.2, -0.15) is 0 Å². The van der Waals surface area contributed by atoms with Gasteiger partial charge in [-0.3, -0.25) is 35.4 Å². The van der Waals surface area contributed by atoms with Crippen LogP contribution in [0.5, 0.6) is 0 Å². The monoisotopic (exact) mass is 377 g/mol. The molecule has 0 spiro atoms. The highest BCUT2D eigenvalue weighted by molar-refractivity contribution is 7.92. The lowest BCUT2D eigenvalue weighted by Gasteiger charge is -2.10. The number of benzene rings is 2. The molecule has 0 unspecified atom stereocenters. The summed E-state index contributed by atoms with van der Waals surface area (Å²) in [6, 6.07) is 13.3. The second-order valence-corrected chi connectivity index (χ2v) is 6.56. The van der Waals surface area contributed by atoms with Gasteiger partial charge in [0.2, 0.25) is 0 Å². The molecule has 0 aromatic heterocycles. The molecule has 6 N–H and O–H groups in total. The molecule has 0 heterocycles. The van der Waals surface area contributed by atoms with Crippen LogP contribution in [0.15, 0.2) is 59.5 Å². The van der Waals surface area contributed by atoms with Crippen LogP contribution in [0, 0.1) is 0 Å². The molecule has 2 aromatic rings. The molecule has 136 valence electrons. The van der Waals surface area contributed by atoms with E-state index in [4.69, 9.17) is 5.84 Å². The van der Waals surface area contributed by atoms with Gasteiger partial charge in [-0.05, 0) is 30.3 Å². The van der Waals surface area contributed by atoms with E-state index in [0.29, 0.717) is 0 Å². The molecule has 0 aliphatic heterocycles. The largest absolute Gasteiger partial charge is 0.329 e. The molecule has 0 saturated carbocycles. The number of amides is 3. The summed E-state index contributed by atoms with van der Waals surface area (Å²) >= 11 is 0. The Balaban J connectivity index is 2.09. The Morgan fingerprint density at radius 1 is 0.846 bits per heavy atom. The Bertz CT molecular complexity index is 930. The molecule has 3 amide bonds. The van der Waals surface area contributed by atoms with E-state index in [1.54, 1.807) is 23.6 Å². The first-order valence-corrected chi connectivity index (χ1v) is 8.61. The highest BCUT2D eigenvalue weighted by Gasteiger charge is 2.16. The van der Waals surface area contributed by atoms with Gasteiger partial charge in [-0.25, -0.2) is 14.3 Å². The lowest BCUT2D eigenvalue weighted by Crippen LogP contribution is -2.50. The first-order valence-electron chi connectivity index (χ1n) is 7.12. The minimum Gasteiger partial charge on any atom is -0.286 e. The van der Waals surface area contributed by atoms with E-state index in [2.05, 4.69) is 4.72 Å². The summed E-state index contributed by atoms with van der Waals surface area (Å²) in [5, 5.41) is 0. The van der Waals surface area contributed by atoms with Crippen molar-refractivity contribution >= 4 is 33.4 Å². The van der Waals surface area contributed by atoms with Crippen molar-refractivity contribution in [3.63, 3.8) is 0 Å². The molecule has 26 heavy (non-hydrogen) atoms. The second-order valence-electron chi connectivity index (χ2n) is 4.88. The number of carbonyl (C=O) groups excluding carboxylic acids is 3. The van der Waals surface area contributed by atoms with Crippen molar-refractivity contribution in [2.45, 2.75) is 4.90 Å². The predicted octanol–water partition coefficient (Wildman–Crippen LogP) is -0.762. The standard InChI is InChI=1S/C15H15N5O5S/c16-17-14(22)15(23)19-18-13(21)10-5-4-6-11(9-10)20-26(24,25)12-7-2-1-3-8-12/h1-9,20H,16H2,(H,17,22)(H,18,21)(H,19,23). The van der Waals surface area contributed by atoms with Crippen LogP contribution in [0.3, 0.4) is 0 Å². The van der Waals surface area contributed by atoms with Gasteiger partial charge in [0.15, 0.2) is 0 Å². The summed E-state index contributed by atoms with van der Waals surface area (Å²) in [5.74, 6) is 1.71. The zero-order valence-electron chi connectivity index (χ0n) is 13.2. The van der Waals surface area contributed by atoms with Crippen LogP contribution in [0.2, 0.25) is 0 Å². The molecular formula is C15H15N5O5S. The summed E-state index contributed by atoms with van der Waals surface area (Å²) in [6.45, 7) is 0. The number of hydrogen-bond acceptors (Lipinski definition) is 6. The summed E-state index contributed by atoms with van der Waals surface area (Å²) in [4.78, 5) is 34.2. The maximum absolute atomic E-state index is 12.3. The fourth-order valence-corrected chi connectivity index (χ4v) is 2.92. The van der Waals surface area contributed by atoms with Crippen LogP contribution in [-0.4, -0.2) is 26.1 Å². The predicted molar refractivity (Wildman–Crippen MR) is 91.6 cm³/mol. The van der Waals surface area contributed by atoms with Gasteiger partial charge in [0, 0.05) is 11.3 Å². The van der Waals surface area contributed by atoms with Crippen molar-refractivity contribution < 1.29 is 22.8 Å². The molecular weight excluding hydrogens is 362 g/mol. The molecule has 11 heteroatoms. The SMILES string of the molecule is NNC(=O)C(=O)NNC(=O)c1cccc(NS(=O)(=O)c2ccccc2)c1. The lowest BCUT2D eigenvalue weighted by atomic mass is 10.2. The first-order chi connectivity index (χ1) is 12.3. The molecule has 0 aliphatic carbocycles. The minimum atomic E-state index is -3.81. The third-order valence-electron chi connectivity index (χ3n) is 3.06. The van der Waals surface area contributed by atoms with Crippen LogP contribution in [0.1, 0.15) is 10.4 Å². The van der Waals surface area contributed by atoms with Gasteiger partial charge in [0.1, 0.15) is 0 Å². The zero-order chi connectivity index (χ0) is 19.2. The zero-order valence-corrected chi connectivity index (χ0v) is 14.0. The highest BCUT2D eigenvalue weighted by Crippen LogP contribution is 2.17. The maximum atomic E-state index is 12.3. The Morgan fingerprint density at radius 3 is 2.19 bits per heavy atom. The number of anilines is 1. The number of carbonyl (C=O) groups is 3. The van der Waals surface area contributed by atoms with E-state index in [9.17, 15) is 22.8 Å². The topological polar surface area (TPSA) is 159 Å². The Kier molecular flexibility index (Phi) is 5.88. The lowest BCUT2D eigenvalue weighted by molar-refractivity contribution is -0.139. The van der Waals surface area contributed by atoms with Gasteiger partial charge >= 0.3 is 11.8 Å². The maximum Gasteiger partial charge on any atom is 0.329 e. The van der Waals surface area contributed by atoms with Crippen molar-refractivity contribution in [1.82, 2.24) is 16.3 Å². The van der Waals surface area contributed by atoms with Crippen LogP contribution in [0.25, 0.3) is 0 Å². The van der Waals surface area contributed by atoms with Crippen molar-refractivity contribution in [2.24, 2.45) is 5.84 Å². The Labute approximate surface area is 148 Å². The molecule has 0 radical (unpaired) electrons. The molecule has 0 aliphatic rings. The van der Waals surface area contributed by atoms with Crippen LogP contribution >= 0.6 is 0 Å². The molecule has 2 rings (SSSR count). The summed E-state index contributed by atoms with van der Waals surface area (Å²) < 4.78 is 26.9. The third-order valence-corrected chi connectivity index (χ3v) is 4.45. The van der Waals surface area contributed by atoms with Gasteiger partial charge in [0.25, 0.3) is 15.9 Å². The van der Waals surface area contributed by atoms with Gasteiger partial charge in [0.05, 0.1) is 4.90 Å². The van der Waals surface area contributed by atoms with Gasteiger partial charge < -0.3 is 0 Å². The Morgan fingerprint density at radius 2 is 1.54 bits per heavy atom. The van der Waals surface area contributed by atoms with E-state index >= 15 is 0 Å². The van der Waals surface area contributed by atoms with Crippen LogP contribution < -0.4 is 26.8 Å². The van der Waals surface area contributed by atoms with E-state index < -0.39 is 27.7 Å². The number of nitrogens with two attached hydrogens (primary N) is 1. The third kappa shape index (κ3) is 4.78. The van der Waals surface area contributed by atoms with Gasteiger partial charge in [-0.15, -0.1) is 0 Å². The van der Waals surface area contributed by atoms with Crippen molar-refractivity contribution in [2.75, 3.05) is 4.72 Å². The molecule has 10 nitrogen and oxygen atoms in total. The fraction of sp³-hybridized carbons (Fsp3) is 0. The summed E-state index contributed by atoms with van der Waals surface area (Å²) in [5.41, 5.74) is 5.65. The average molecular weight is 377 g/mol. The second kappa shape index (κ2) is 8.09. The van der Waals surface area contributed by atoms with Crippen molar-refractivity contribution in [1.29, 1.82) is 0 Å².